The zero-order valence-electron chi connectivity index (χ0n) is 13.1. The number of nitrogens with one attached hydrogen (secondary N) is 2. The summed E-state index contributed by atoms with van der Waals surface area (Å²) < 4.78 is 13.5. The minimum Gasteiger partial charge on any atom is -0.343 e. The Morgan fingerprint density at radius 2 is 1.83 bits per heavy atom. The van der Waals surface area contributed by atoms with Gasteiger partial charge in [0.05, 0.1) is 12.1 Å². The fourth-order valence-corrected chi connectivity index (χ4v) is 2.08. The molecule has 0 atom stereocenters. The van der Waals surface area contributed by atoms with Crippen molar-refractivity contribution in [3.05, 3.63) is 65.5 Å². The van der Waals surface area contributed by atoms with Crippen LogP contribution in [0.3, 0.4) is 0 Å². The van der Waals surface area contributed by atoms with E-state index in [0.29, 0.717) is 11.6 Å². The molecule has 2 aromatic carbocycles. The molecule has 2 rings (SSSR count). The first-order valence-corrected chi connectivity index (χ1v) is 7.40. The molecule has 5 heteroatoms. The highest BCUT2D eigenvalue weighted by Crippen LogP contribution is 2.18. The van der Waals surface area contributed by atoms with Crippen LogP contribution in [0.15, 0.2) is 48.5 Å². The van der Waals surface area contributed by atoms with Crippen LogP contribution in [0.1, 0.15) is 35.7 Å². The van der Waals surface area contributed by atoms with Gasteiger partial charge in [-0.25, -0.2) is 4.39 Å². The molecule has 0 bridgehead atoms. The van der Waals surface area contributed by atoms with E-state index in [1.807, 2.05) is 18.2 Å². The largest absolute Gasteiger partial charge is 0.343 e. The van der Waals surface area contributed by atoms with E-state index in [4.69, 9.17) is 0 Å². The van der Waals surface area contributed by atoms with Gasteiger partial charge >= 0.3 is 0 Å². The number of carbonyl (C=O) groups excluding carboxylic acids is 2. The smallest absolute Gasteiger partial charge is 0.254 e. The zero-order chi connectivity index (χ0) is 16.8. The second kappa shape index (κ2) is 7.54. The Bertz CT molecular complexity index is 714. The molecule has 120 valence electrons. The Kier molecular flexibility index (Phi) is 5.46. The molecule has 0 heterocycles. The highest BCUT2D eigenvalue weighted by Gasteiger charge is 2.12. The van der Waals surface area contributed by atoms with Gasteiger partial charge in [-0.05, 0) is 35.7 Å². The quantitative estimate of drug-likeness (QED) is 0.889. The number of benzene rings is 2. The van der Waals surface area contributed by atoms with Crippen LogP contribution in [0, 0.1) is 5.82 Å². The minimum absolute atomic E-state index is 0.0814. The van der Waals surface area contributed by atoms with Crippen LogP contribution < -0.4 is 10.6 Å². The summed E-state index contributed by atoms with van der Waals surface area (Å²) in [5.41, 5.74) is 1.70. The van der Waals surface area contributed by atoms with E-state index in [2.05, 4.69) is 24.5 Å². The second-order valence-electron chi connectivity index (χ2n) is 5.49. The molecule has 4 nitrogen and oxygen atoms in total. The molecule has 0 aliphatic carbocycles. The van der Waals surface area contributed by atoms with Gasteiger partial charge in [0.1, 0.15) is 5.82 Å². The van der Waals surface area contributed by atoms with Crippen LogP contribution >= 0.6 is 0 Å². The number of hydrogen-bond donors (Lipinski definition) is 2. The summed E-state index contributed by atoms with van der Waals surface area (Å²) in [4.78, 5) is 23.7. The van der Waals surface area contributed by atoms with Crippen molar-refractivity contribution in [2.24, 2.45) is 0 Å². The lowest BCUT2D eigenvalue weighted by Gasteiger charge is -2.10. The number of halogens is 1. The molecular formula is C18H19FN2O2. The molecule has 0 aliphatic heterocycles. The lowest BCUT2D eigenvalue weighted by molar-refractivity contribution is -0.115. The summed E-state index contributed by atoms with van der Waals surface area (Å²) in [6.45, 7) is 3.91. The van der Waals surface area contributed by atoms with Gasteiger partial charge in [0.25, 0.3) is 5.91 Å². The van der Waals surface area contributed by atoms with Crippen LogP contribution in [-0.4, -0.2) is 18.4 Å². The van der Waals surface area contributed by atoms with Gasteiger partial charge < -0.3 is 10.6 Å². The number of hydrogen-bond acceptors (Lipinski definition) is 2. The molecule has 0 aliphatic rings. The third-order valence-electron chi connectivity index (χ3n) is 3.37. The Morgan fingerprint density at radius 3 is 2.52 bits per heavy atom. The van der Waals surface area contributed by atoms with E-state index < -0.39 is 11.7 Å². The predicted molar refractivity (Wildman–Crippen MR) is 87.9 cm³/mol. The lowest BCUT2D eigenvalue weighted by Crippen LogP contribution is -2.33. The van der Waals surface area contributed by atoms with Crippen molar-refractivity contribution in [1.82, 2.24) is 5.32 Å². The van der Waals surface area contributed by atoms with Crippen molar-refractivity contribution in [2.75, 3.05) is 11.9 Å². The summed E-state index contributed by atoms with van der Waals surface area (Å²) >= 11 is 0. The van der Waals surface area contributed by atoms with E-state index >= 15 is 0 Å². The molecular weight excluding hydrogens is 295 g/mol. The third-order valence-corrected chi connectivity index (χ3v) is 3.37. The van der Waals surface area contributed by atoms with E-state index in [1.54, 1.807) is 12.1 Å². The molecule has 0 radical (unpaired) electrons. The first-order chi connectivity index (χ1) is 11.0. The molecule has 23 heavy (non-hydrogen) atoms. The fourth-order valence-electron chi connectivity index (χ4n) is 2.08. The predicted octanol–water partition coefficient (Wildman–Crippen LogP) is 3.32. The Morgan fingerprint density at radius 1 is 1.09 bits per heavy atom. The highest BCUT2D eigenvalue weighted by molar-refractivity contribution is 5.99. The molecule has 0 fully saturated rings. The van der Waals surface area contributed by atoms with Gasteiger partial charge in [-0.2, -0.15) is 0 Å². The standard InChI is InChI=1S/C18H19FN2O2/c1-12(2)13-6-5-7-14(10-13)21-17(22)11-20-18(23)15-8-3-4-9-16(15)19/h3-10,12H,11H2,1-2H3,(H,20,23)(H,21,22). The van der Waals surface area contributed by atoms with Gasteiger partial charge in [0, 0.05) is 5.69 Å². The molecule has 0 spiro atoms. The maximum absolute atomic E-state index is 13.5. The molecule has 0 aromatic heterocycles. The van der Waals surface area contributed by atoms with Gasteiger partial charge in [-0.3, -0.25) is 9.59 Å². The number of anilines is 1. The van der Waals surface area contributed by atoms with Gasteiger partial charge in [-0.1, -0.05) is 38.1 Å². The first kappa shape index (κ1) is 16.7. The highest BCUT2D eigenvalue weighted by atomic mass is 19.1. The van der Waals surface area contributed by atoms with E-state index in [0.717, 1.165) is 5.56 Å². The second-order valence-corrected chi connectivity index (χ2v) is 5.49. The molecule has 0 saturated heterocycles. The van der Waals surface area contributed by atoms with Gasteiger partial charge in [-0.15, -0.1) is 0 Å². The van der Waals surface area contributed by atoms with Gasteiger partial charge in [0.15, 0.2) is 0 Å². The Labute approximate surface area is 134 Å². The maximum atomic E-state index is 13.5. The normalized spacial score (nSPS) is 10.4. The topological polar surface area (TPSA) is 58.2 Å². The van der Waals surface area contributed by atoms with Crippen molar-refractivity contribution >= 4 is 17.5 Å². The van der Waals surface area contributed by atoms with Crippen LogP contribution in [-0.2, 0) is 4.79 Å². The van der Waals surface area contributed by atoms with Crippen molar-refractivity contribution in [2.45, 2.75) is 19.8 Å². The molecule has 2 amide bonds. The summed E-state index contributed by atoms with van der Waals surface area (Å²) in [5.74, 6) is -1.24. The SMILES string of the molecule is CC(C)c1cccc(NC(=O)CNC(=O)c2ccccc2F)c1. The minimum atomic E-state index is -0.616. The van der Waals surface area contributed by atoms with E-state index in [1.165, 1.54) is 18.2 Å². The van der Waals surface area contributed by atoms with Crippen LogP contribution in [0.25, 0.3) is 0 Å². The fraction of sp³-hybridized carbons (Fsp3) is 0.222. The number of carbonyl (C=O) groups is 2. The van der Waals surface area contributed by atoms with Crippen molar-refractivity contribution < 1.29 is 14.0 Å². The van der Waals surface area contributed by atoms with Crippen molar-refractivity contribution in [3.63, 3.8) is 0 Å². The van der Waals surface area contributed by atoms with Crippen molar-refractivity contribution in [3.8, 4) is 0 Å². The number of amides is 2. The molecule has 2 aromatic rings. The monoisotopic (exact) mass is 314 g/mol. The zero-order valence-corrected chi connectivity index (χ0v) is 13.1. The van der Waals surface area contributed by atoms with Gasteiger partial charge in [0.2, 0.25) is 5.91 Å². The first-order valence-electron chi connectivity index (χ1n) is 7.40. The molecule has 0 saturated carbocycles. The van der Waals surface area contributed by atoms with Crippen molar-refractivity contribution in [1.29, 1.82) is 0 Å². The third kappa shape index (κ3) is 4.64. The van der Waals surface area contributed by atoms with Crippen LogP contribution in [0.5, 0.6) is 0 Å². The lowest BCUT2D eigenvalue weighted by atomic mass is 10.0. The average Bonchev–Trinajstić information content (AvgIpc) is 2.53. The van der Waals surface area contributed by atoms with Crippen LogP contribution in [0.2, 0.25) is 0 Å². The van der Waals surface area contributed by atoms with E-state index in [-0.39, 0.29) is 18.0 Å². The average molecular weight is 314 g/mol. The Hall–Kier alpha value is -2.69. The summed E-state index contributed by atoms with van der Waals surface area (Å²) in [6, 6.07) is 13.2. The molecule has 2 N–H and O–H groups in total. The maximum Gasteiger partial charge on any atom is 0.254 e. The summed E-state index contributed by atoms with van der Waals surface area (Å²) in [6.07, 6.45) is 0. The Balaban J connectivity index is 1.92. The van der Waals surface area contributed by atoms with E-state index in [9.17, 15) is 14.0 Å². The summed E-state index contributed by atoms with van der Waals surface area (Å²) in [5, 5.41) is 5.12. The summed E-state index contributed by atoms with van der Waals surface area (Å²) in [7, 11) is 0. The molecule has 0 unspecified atom stereocenters. The number of rotatable bonds is 5. The van der Waals surface area contributed by atoms with Crippen LogP contribution in [0.4, 0.5) is 10.1 Å².